The van der Waals surface area contributed by atoms with Crippen molar-refractivity contribution in [3.63, 3.8) is 0 Å². The van der Waals surface area contributed by atoms with Crippen molar-refractivity contribution < 1.29 is 156 Å². The molecule has 0 aromatic heterocycles. The van der Waals surface area contributed by atoms with Crippen LogP contribution in [0.25, 0.3) is 0 Å². The highest BCUT2D eigenvalue weighted by molar-refractivity contribution is 7.81. The minimum atomic E-state index is -4.96. The smallest absolute Gasteiger partial charge is 0.394 e. The lowest BCUT2D eigenvalue weighted by atomic mass is 9.72. The molecule has 14 aliphatic heterocycles. The third-order valence-corrected chi connectivity index (χ3v) is 26.0. The number of fused-ring (bicyclic) bond motifs is 10. The number of hydrogen-bond donors (Lipinski definition) is 10. The Morgan fingerprint density at radius 2 is 1.12 bits per heavy atom. The molecule has 33 nitrogen and oxygen atoms in total. The number of aliphatic hydroxyl groups is 8. The van der Waals surface area contributed by atoms with Crippen molar-refractivity contribution in [1.82, 2.24) is 0 Å². The van der Waals surface area contributed by atoms with Crippen LogP contribution in [0.3, 0.4) is 0 Å². The summed E-state index contributed by atoms with van der Waals surface area (Å²) in [6.07, 6.45) is -19.1. The minimum absolute atomic E-state index is 0.0210. The van der Waals surface area contributed by atoms with Gasteiger partial charge in [-0.2, -0.15) is 16.8 Å². The molecule has 0 aliphatic carbocycles. The zero-order chi connectivity index (χ0) is 75.7. The van der Waals surface area contributed by atoms with E-state index < -0.39 is 259 Å². The van der Waals surface area contributed by atoms with Gasteiger partial charge in [-0.25, -0.2) is 8.37 Å². The van der Waals surface area contributed by atoms with Gasteiger partial charge in [-0.15, -0.1) is 6.58 Å². The number of hydrogen-bond acceptors (Lipinski definition) is 31. The number of rotatable bonds is 21. The van der Waals surface area contributed by atoms with Gasteiger partial charge >= 0.3 is 20.8 Å². The summed E-state index contributed by atoms with van der Waals surface area (Å²) in [4.78, 5) is 0. The number of aliphatic hydroxyl groups excluding tert-OH is 7. The van der Waals surface area contributed by atoms with Crippen LogP contribution < -0.4 is 0 Å². The van der Waals surface area contributed by atoms with Gasteiger partial charge in [0.1, 0.15) is 90.6 Å². The van der Waals surface area contributed by atoms with Crippen molar-refractivity contribution in [3.05, 3.63) is 49.1 Å². The lowest BCUT2D eigenvalue weighted by Crippen LogP contribution is -2.75. The summed E-state index contributed by atoms with van der Waals surface area (Å²) in [6, 6.07) is 0. The van der Waals surface area contributed by atoms with Crippen molar-refractivity contribution in [2.24, 2.45) is 5.92 Å². The second kappa shape index (κ2) is 30.8. The van der Waals surface area contributed by atoms with E-state index in [9.17, 15) is 62.2 Å². The SMILES string of the molecule is C=CCC(=C)/C=C/[C@@](C)(O)[C@H]1O[C@@H]2C[C@@H]3O[C@@H]4C[C@@H]5O[C@@H]6C[C@@H]7O[C@@H]8C[C@@H]9O[C@@H]%10C[C@@H]%11O[C@](C)(CCCOS(=O)(=O)O)[C@H](OS(=O)(=O)O)C[C@H]%11O[C@H]%10C[C@H]9O[C@H]8CC[C@@]7(C)O[C@@]6(C)CC[C@H](C)[C@H]5O[C@@H]4[C@@H](O[C@H]4O[C@@H](CO[C@@H]5O[C@H](CO[C@@H]6O[C@H](CO)[C@@H](O)[C@H]6O)[C@H](O)[C@@H]5O)[C@H](O)[C@H]4O)[C@]3(C)O[C@H]2CC1=C. The molecule has 0 radical (unpaired) electrons. The van der Waals surface area contributed by atoms with E-state index in [1.165, 1.54) is 0 Å². The predicted octanol–water partition coefficient (Wildman–Crippen LogP) is 0.840. The molecule has 0 unspecified atom stereocenters. The van der Waals surface area contributed by atoms with Gasteiger partial charge in [0.15, 0.2) is 18.9 Å². The van der Waals surface area contributed by atoms with Gasteiger partial charge in [0, 0.05) is 44.9 Å². The normalized spacial score (nSPS) is 51.4. The van der Waals surface area contributed by atoms with Gasteiger partial charge in [-0.1, -0.05) is 43.9 Å². The van der Waals surface area contributed by atoms with E-state index in [-0.39, 0.29) is 50.2 Å². The van der Waals surface area contributed by atoms with Gasteiger partial charge in [0.25, 0.3) is 0 Å². The van der Waals surface area contributed by atoms with Crippen LogP contribution in [0.2, 0.25) is 0 Å². The van der Waals surface area contributed by atoms with E-state index in [0.29, 0.717) is 69.8 Å². The Labute approximate surface area is 617 Å². The van der Waals surface area contributed by atoms with Crippen molar-refractivity contribution in [2.45, 2.75) is 362 Å². The van der Waals surface area contributed by atoms with E-state index in [2.05, 4.69) is 44.7 Å². The molecule has 106 heavy (non-hydrogen) atoms. The second-order valence-electron chi connectivity index (χ2n) is 32.9. The van der Waals surface area contributed by atoms with Gasteiger partial charge in [-0.05, 0) is 97.5 Å². The van der Waals surface area contributed by atoms with Crippen molar-refractivity contribution in [1.29, 1.82) is 0 Å². The van der Waals surface area contributed by atoms with Gasteiger partial charge < -0.3 is 121 Å². The molecule has 0 spiro atoms. The Morgan fingerprint density at radius 3 is 1.74 bits per heavy atom. The van der Waals surface area contributed by atoms with E-state index in [1.54, 1.807) is 32.1 Å². The number of allylic oxidation sites excluding steroid dienone is 3. The molecule has 14 rings (SSSR count). The zero-order valence-electron chi connectivity index (χ0n) is 60.5. The summed E-state index contributed by atoms with van der Waals surface area (Å²) in [7, 11) is -9.70. The summed E-state index contributed by atoms with van der Waals surface area (Å²) >= 11 is 0. The molecular formula is C71H108O33S2. The number of ether oxygens (including phenoxy) is 17. The third kappa shape index (κ3) is 16.1. The lowest BCUT2D eigenvalue weighted by molar-refractivity contribution is -0.387. The van der Waals surface area contributed by atoms with Gasteiger partial charge in [-0.3, -0.25) is 9.11 Å². The Morgan fingerprint density at radius 1 is 0.594 bits per heavy atom. The fourth-order valence-electron chi connectivity index (χ4n) is 19.2. The maximum Gasteiger partial charge on any atom is 0.397 e. The van der Waals surface area contributed by atoms with Crippen LogP contribution >= 0.6 is 0 Å². The fourth-order valence-corrected chi connectivity index (χ4v) is 20.1. The molecule has 14 fully saturated rings. The summed E-state index contributed by atoms with van der Waals surface area (Å²) in [5, 5.41) is 87.7. The highest BCUT2D eigenvalue weighted by Crippen LogP contribution is 2.55. The molecule has 14 saturated heterocycles. The highest BCUT2D eigenvalue weighted by atomic mass is 32.3. The molecule has 0 amide bonds. The predicted molar refractivity (Wildman–Crippen MR) is 360 cm³/mol. The first-order valence-corrected chi connectivity index (χ1v) is 40.2. The molecular weight excluding hydrogens is 1440 g/mol. The Bertz CT molecular complexity index is 3410. The monoisotopic (exact) mass is 1550 g/mol. The maximum atomic E-state index is 12.1. The molecule has 10 N–H and O–H groups in total. The molecule has 35 heteroatoms. The van der Waals surface area contributed by atoms with Crippen LogP contribution in [0.15, 0.2) is 49.1 Å². The Balaban J connectivity index is 0.664. The van der Waals surface area contributed by atoms with Crippen LogP contribution in [0.4, 0.5) is 0 Å². The van der Waals surface area contributed by atoms with Crippen LogP contribution in [0.1, 0.15) is 138 Å². The summed E-state index contributed by atoms with van der Waals surface area (Å²) in [5.41, 5.74) is -4.46. The first-order valence-electron chi connectivity index (χ1n) is 37.4. The molecule has 0 bridgehead atoms. The second-order valence-corrected chi connectivity index (χ2v) is 35.0. The molecule has 14 heterocycles. The topological polar surface area (TPSA) is 446 Å². The fraction of sp³-hybridized carbons (Fsp3) is 0.887. The average molecular weight is 1550 g/mol. The zero-order valence-corrected chi connectivity index (χ0v) is 62.2. The van der Waals surface area contributed by atoms with Crippen molar-refractivity contribution >= 4 is 20.8 Å². The van der Waals surface area contributed by atoms with Crippen LogP contribution in [0, 0.1) is 5.92 Å². The first-order chi connectivity index (χ1) is 49.9. The van der Waals surface area contributed by atoms with Crippen LogP contribution in [-0.2, 0) is 110 Å². The molecule has 0 aromatic rings. The highest BCUT2D eigenvalue weighted by Gasteiger charge is 2.67. The molecule has 0 aromatic carbocycles. The van der Waals surface area contributed by atoms with Crippen LogP contribution in [-0.4, -0.2) is 317 Å². The molecule has 14 aliphatic rings. The quantitative estimate of drug-likeness (QED) is 0.0329. The van der Waals surface area contributed by atoms with Crippen LogP contribution in [0.5, 0.6) is 0 Å². The standard InChI is InChI=1S/C71H108O33S2/c1-10-12-32(2)13-17-67(5,79)62-34(4)21-43-42(95-62)27-53-71(9,102-43)63(100-66-59(78)56(75)49(98-66)31-87-65-58(77)55(74)48(97-65)30-86-64-57(76)54(73)47(29-72)96-64)61-46(94-53)25-45-60(99-61)33(3)14-18-69(7)51(93-45)28-50-70(8,104-69)19-15-35-36(92-50)22-38-37(89-35)23-39-40(90-38)24-44-41(91-39)26-52(103-106(83,84)85)68(6,101-44)16-11-20-88-105(80,81)82/h10,13,17,33,35-66,72-79H,1-2,4,11-12,14-16,18-31H2,3,5-9H3,(H,80,81,82)(H,83,84,85)/b17-13+/t33-,35-,36+,37+,38-,39-,40+,41+,42+,43-,44-,45-,46+,47+,48+,49-,50-,51+,52+,53-,54+,55-,56-,57+,58-,59+,60+,61-,62-,63+,64+,65+,66+,67+,68+,69-,70+,71+/m0/s1. The molecule has 602 valence electrons. The minimum Gasteiger partial charge on any atom is -0.394 e. The summed E-state index contributed by atoms with van der Waals surface area (Å²) in [5.74, 6) is -0.128. The summed E-state index contributed by atoms with van der Waals surface area (Å²) < 4.78 is 189. The van der Waals surface area contributed by atoms with Crippen molar-refractivity contribution in [3.8, 4) is 0 Å². The summed E-state index contributed by atoms with van der Waals surface area (Å²) in [6.45, 7) is 21.8. The average Bonchev–Trinajstić information content (AvgIpc) is 0.812. The largest absolute Gasteiger partial charge is 0.397 e. The van der Waals surface area contributed by atoms with Gasteiger partial charge in [0.2, 0.25) is 0 Å². The Kier molecular flexibility index (Phi) is 23.3. The van der Waals surface area contributed by atoms with E-state index >= 15 is 0 Å². The Hall–Kier alpha value is -2.30. The first kappa shape index (κ1) is 80.3. The van der Waals surface area contributed by atoms with E-state index in [0.717, 1.165) is 5.57 Å². The maximum absolute atomic E-state index is 12.1. The van der Waals surface area contributed by atoms with E-state index in [1.807, 2.05) is 6.92 Å². The lowest BCUT2D eigenvalue weighted by Gasteiger charge is -2.61. The van der Waals surface area contributed by atoms with Gasteiger partial charge in [0.05, 0.1) is 141 Å². The molecule has 38 atom stereocenters. The third-order valence-electron chi connectivity index (χ3n) is 25.1. The van der Waals surface area contributed by atoms with E-state index in [4.69, 9.17) is 89.3 Å². The molecule has 0 saturated carbocycles. The van der Waals surface area contributed by atoms with Crippen molar-refractivity contribution in [2.75, 3.05) is 26.4 Å².